The summed E-state index contributed by atoms with van der Waals surface area (Å²) in [5.41, 5.74) is 0. The van der Waals surface area contributed by atoms with Crippen LogP contribution in [0.5, 0.6) is 0 Å². The molecule has 0 radical (unpaired) electrons. The Bertz CT molecular complexity index is 156. The Kier molecular flexibility index (Phi) is 11.5. The zero-order valence-corrected chi connectivity index (χ0v) is 14.7. The Hall–Kier alpha value is 1.56. The minimum atomic E-state index is 0. The van der Waals surface area contributed by atoms with Gasteiger partial charge in [0.1, 0.15) is 0 Å². The molecule has 0 spiro atoms. The number of hydrogen-bond acceptors (Lipinski definition) is 2. The summed E-state index contributed by atoms with van der Waals surface area (Å²) >= 11 is 0. The van der Waals surface area contributed by atoms with E-state index in [2.05, 4.69) is 30.6 Å². The molecule has 1 atom stereocenters. The summed E-state index contributed by atoms with van der Waals surface area (Å²) in [7, 11) is 0. The zero-order valence-electron chi connectivity index (χ0n) is 11.5. The van der Waals surface area contributed by atoms with E-state index in [0.717, 1.165) is 12.5 Å². The molecule has 0 N–H and O–H groups in total. The first-order valence-corrected chi connectivity index (χ1v) is 6.54. The fraction of sp³-hybridized carbons (Fsp3) is 0.923. The van der Waals surface area contributed by atoms with Crippen LogP contribution in [0.2, 0.25) is 0 Å². The van der Waals surface area contributed by atoms with E-state index < -0.39 is 0 Å². The molecule has 0 aromatic heterocycles. The van der Waals surface area contributed by atoms with Crippen LogP contribution in [0.4, 0.5) is 0 Å². The number of rotatable bonds is 6. The van der Waals surface area contributed by atoms with Crippen molar-refractivity contribution in [2.75, 3.05) is 39.3 Å². The van der Waals surface area contributed by atoms with Crippen LogP contribution in [-0.2, 0) is 0 Å². The summed E-state index contributed by atoms with van der Waals surface area (Å²) in [5, 5.41) is 0. The maximum Gasteiger partial charge on any atom is 1.00 e. The number of piperazine rings is 1. The fourth-order valence-electron chi connectivity index (χ4n) is 2.39. The third-order valence-corrected chi connectivity index (χ3v) is 3.57. The molecule has 0 aromatic carbocycles. The van der Waals surface area contributed by atoms with Crippen molar-refractivity contribution >= 4 is 0 Å². The normalized spacial score (nSPS) is 20.4. The SMILES string of the molecule is [CH2-]CN1CCN(CC(CC)CCC)CC1.[K+]. The van der Waals surface area contributed by atoms with Gasteiger partial charge < -0.3 is 16.7 Å². The predicted octanol–water partition coefficient (Wildman–Crippen LogP) is -0.732. The summed E-state index contributed by atoms with van der Waals surface area (Å²) < 4.78 is 0. The maximum atomic E-state index is 3.95. The molecule has 16 heavy (non-hydrogen) atoms. The van der Waals surface area contributed by atoms with Crippen molar-refractivity contribution in [3.63, 3.8) is 0 Å². The minimum Gasteiger partial charge on any atom is -0.330 e. The predicted molar refractivity (Wildman–Crippen MR) is 66.9 cm³/mol. The molecule has 0 bridgehead atoms. The molecule has 1 aliphatic heterocycles. The van der Waals surface area contributed by atoms with Crippen molar-refractivity contribution in [1.82, 2.24) is 9.80 Å². The molecular formula is C13H27KN2. The van der Waals surface area contributed by atoms with Gasteiger partial charge in [0, 0.05) is 32.7 Å². The summed E-state index contributed by atoms with van der Waals surface area (Å²) in [5.74, 6) is 0.918. The van der Waals surface area contributed by atoms with Gasteiger partial charge >= 0.3 is 51.4 Å². The van der Waals surface area contributed by atoms with Gasteiger partial charge in [-0.25, -0.2) is 0 Å². The molecule has 2 nitrogen and oxygen atoms in total. The number of nitrogens with zero attached hydrogens (tertiary/aromatic N) is 2. The molecule has 90 valence electrons. The van der Waals surface area contributed by atoms with Gasteiger partial charge in [-0.3, -0.25) is 0 Å². The van der Waals surface area contributed by atoms with Crippen LogP contribution in [0, 0.1) is 12.8 Å². The van der Waals surface area contributed by atoms with Gasteiger partial charge in [0.2, 0.25) is 0 Å². The monoisotopic (exact) mass is 250 g/mol. The van der Waals surface area contributed by atoms with E-state index in [9.17, 15) is 0 Å². The summed E-state index contributed by atoms with van der Waals surface area (Å²) in [4.78, 5) is 5.08. The molecule has 1 aliphatic rings. The van der Waals surface area contributed by atoms with Gasteiger partial charge in [-0.05, 0) is 12.3 Å². The van der Waals surface area contributed by atoms with E-state index in [4.69, 9.17) is 0 Å². The van der Waals surface area contributed by atoms with Crippen LogP contribution in [0.1, 0.15) is 33.1 Å². The average Bonchev–Trinajstić information content (AvgIpc) is 2.29. The van der Waals surface area contributed by atoms with E-state index in [1.54, 1.807) is 0 Å². The third-order valence-electron chi connectivity index (χ3n) is 3.57. The Morgan fingerprint density at radius 2 is 1.62 bits per heavy atom. The summed E-state index contributed by atoms with van der Waals surface area (Å²) in [6.07, 6.45) is 4.06. The van der Waals surface area contributed by atoms with E-state index in [-0.39, 0.29) is 51.4 Å². The first-order valence-electron chi connectivity index (χ1n) is 6.54. The van der Waals surface area contributed by atoms with Gasteiger partial charge in [-0.2, -0.15) is 0 Å². The van der Waals surface area contributed by atoms with Crippen molar-refractivity contribution in [2.24, 2.45) is 5.92 Å². The van der Waals surface area contributed by atoms with Crippen molar-refractivity contribution in [3.8, 4) is 0 Å². The number of hydrogen-bond donors (Lipinski definition) is 0. The van der Waals surface area contributed by atoms with E-state index in [1.165, 1.54) is 52.0 Å². The Labute approximate surface area is 145 Å². The van der Waals surface area contributed by atoms with E-state index >= 15 is 0 Å². The van der Waals surface area contributed by atoms with Crippen molar-refractivity contribution < 1.29 is 51.4 Å². The van der Waals surface area contributed by atoms with Crippen LogP contribution in [0.25, 0.3) is 0 Å². The van der Waals surface area contributed by atoms with Gasteiger partial charge in [0.15, 0.2) is 0 Å². The van der Waals surface area contributed by atoms with Crippen LogP contribution >= 0.6 is 0 Å². The molecule has 0 aliphatic carbocycles. The van der Waals surface area contributed by atoms with Gasteiger partial charge in [-0.15, -0.1) is 6.54 Å². The zero-order chi connectivity index (χ0) is 11.1. The quantitative estimate of drug-likeness (QED) is 0.453. The largest absolute Gasteiger partial charge is 1.00 e. The molecule has 1 heterocycles. The summed E-state index contributed by atoms with van der Waals surface area (Å²) in [6.45, 7) is 15.8. The second-order valence-corrected chi connectivity index (χ2v) is 4.71. The maximum absolute atomic E-state index is 3.95. The van der Waals surface area contributed by atoms with Crippen LogP contribution in [0.3, 0.4) is 0 Å². The molecule has 1 saturated heterocycles. The van der Waals surface area contributed by atoms with E-state index in [1.807, 2.05) is 0 Å². The molecule has 1 rings (SSSR count). The van der Waals surface area contributed by atoms with Crippen molar-refractivity contribution in [1.29, 1.82) is 0 Å². The average molecular weight is 250 g/mol. The molecule has 3 heteroatoms. The topological polar surface area (TPSA) is 6.48 Å². The second kappa shape index (κ2) is 10.5. The molecular weight excluding hydrogens is 223 g/mol. The van der Waals surface area contributed by atoms with Crippen molar-refractivity contribution in [3.05, 3.63) is 6.92 Å². The Morgan fingerprint density at radius 3 is 2.06 bits per heavy atom. The minimum absolute atomic E-state index is 0. The van der Waals surface area contributed by atoms with Gasteiger partial charge in [0.25, 0.3) is 0 Å². The molecule has 1 fully saturated rings. The third kappa shape index (κ3) is 6.48. The molecule has 0 saturated carbocycles. The standard InChI is InChI=1S/C13H27N2.K/c1-4-7-13(5-2)12-15-10-8-14(6-3)9-11-15;/h13H,3-12H2,1-2H3;/q-1;+1. The van der Waals surface area contributed by atoms with Crippen molar-refractivity contribution in [2.45, 2.75) is 33.1 Å². The Balaban J connectivity index is 0.00000225. The van der Waals surface area contributed by atoms with Gasteiger partial charge in [0.05, 0.1) is 0 Å². The smallest absolute Gasteiger partial charge is 0.330 e. The van der Waals surface area contributed by atoms with Crippen LogP contribution in [0.15, 0.2) is 0 Å². The molecule has 0 amide bonds. The summed E-state index contributed by atoms with van der Waals surface area (Å²) in [6, 6.07) is 0. The second-order valence-electron chi connectivity index (χ2n) is 4.71. The van der Waals surface area contributed by atoms with Gasteiger partial charge in [-0.1, -0.05) is 26.7 Å². The first kappa shape index (κ1) is 17.6. The van der Waals surface area contributed by atoms with E-state index in [0.29, 0.717) is 0 Å². The van der Waals surface area contributed by atoms with Crippen LogP contribution < -0.4 is 51.4 Å². The first-order chi connectivity index (χ1) is 7.30. The molecule has 0 aromatic rings. The Morgan fingerprint density at radius 1 is 1.06 bits per heavy atom. The fourth-order valence-corrected chi connectivity index (χ4v) is 2.39. The van der Waals surface area contributed by atoms with Crippen LogP contribution in [-0.4, -0.2) is 49.1 Å². The molecule has 1 unspecified atom stereocenters.